The van der Waals surface area contributed by atoms with Gasteiger partial charge in [0.2, 0.25) is 0 Å². The molecule has 0 fully saturated rings. The first-order chi connectivity index (χ1) is 9.63. The second-order valence-electron chi connectivity index (χ2n) is 4.69. The number of aromatic nitrogens is 2. The zero-order valence-corrected chi connectivity index (χ0v) is 11.7. The summed E-state index contributed by atoms with van der Waals surface area (Å²) >= 11 is 0. The Morgan fingerprint density at radius 2 is 2.25 bits per heavy atom. The van der Waals surface area contributed by atoms with Gasteiger partial charge in [-0.3, -0.25) is 0 Å². The number of imidazole rings is 1. The zero-order chi connectivity index (χ0) is 14.5. The van der Waals surface area contributed by atoms with Gasteiger partial charge in [0.25, 0.3) is 0 Å². The number of halogens is 1. The number of aryl methyl sites for hydroxylation is 2. The number of benzene rings is 1. The minimum Gasteiger partial charge on any atom is -0.373 e. The molecule has 2 aromatic rings. The van der Waals surface area contributed by atoms with E-state index in [4.69, 9.17) is 5.26 Å². The molecule has 1 aromatic carbocycles. The van der Waals surface area contributed by atoms with Gasteiger partial charge >= 0.3 is 0 Å². The van der Waals surface area contributed by atoms with Crippen molar-refractivity contribution >= 4 is 5.69 Å². The standard InChI is InChI=1S/C15H17FN4/c1-12-18-7-10-20(12)9-4-8-19(2)15-6-3-5-14(16)13(15)11-17/h3,5-7,10H,4,8-9H2,1-2H3. The Hall–Kier alpha value is -2.35. The summed E-state index contributed by atoms with van der Waals surface area (Å²) in [6, 6.07) is 6.63. The maximum absolute atomic E-state index is 13.5. The normalized spacial score (nSPS) is 10.3. The Bertz CT molecular complexity index is 627. The number of nitriles is 1. The number of nitrogens with zero attached hydrogens (tertiary/aromatic N) is 4. The molecule has 0 saturated heterocycles. The maximum Gasteiger partial charge on any atom is 0.143 e. The fourth-order valence-electron chi connectivity index (χ4n) is 2.18. The SMILES string of the molecule is Cc1nccn1CCCN(C)c1cccc(F)c1C#N. The maximum atomic E-state index is 13.5. The summed E-state index contributed by atoms with van der Waals surface area (Å²) in [7, 11) is 1.87. The highest BCUT2D eigenvalue weighted by molar-refractivity contribution is 5.59. The molecule has 5 heteroatoms. The van der Waals surface area contributed by atoms with Gasteiger partial charge in [-0.05, 0) is 25.5 Å². The van der Waals surface area contributed by atoms with Crippen molar-refractivity contribution in [3.8, 4) is 6.07 Å². The minimum atomic E-state index is -0.470. The molecule has 0 atom stereocenters. The molecule has 0 radical (unpaired) electrons. The van der Waals surface area contributed by atoms with Crippen LogP contribution in [0.1, 0.15) is 17.8 Å². The van der Waals surface area contributed by atoms with E-state index in [1.54, 1.807) is 18.3 Å². The highest BCUT2D eigenvalue weighted by atomic mass is 19.1. The van der Waals surface area contributed by atoms with Crippen molar-refractivity contribution in [1.82, 2.24) is 9.55 Å². The third-order valence-electron chi connectivity index (χ3n) is 3.33. The van der Waals surface area contributed by atoms with E-state index in [2.05, 4.69) is 9.55 Å². The van der Waals surface area contributed by atoms with E-state index in [0.29, 0.717) is 5.69 Å². The summed E-state index contributed by atoms with van der Waals surface area (Å²) < 4.78 is 15.6. The molecule has 0 saturated carbocycles. The number of hydrogen-bond acceptors (Lipinski definition) is 3. The van der Waals surface area contributed by atoms with Crippen LogP contribution in [0, 0.1) is 24.1 Å². The van der Waals surface area contributed by atoms with Gasteiger partial charge in [-0.25, -0.2) is 9.37 Å². The van der Waals surface area contributed by atoms with Gasteiger partial charge in [-0.2, -0.15) is 5.26 Å². The second kappa shape index (κ2) is 6.20. The number of hydrogen-bond donors (Lipinski definition) is 0. The summed E-state index contributed by atoms with van der Waals surface area (Å²) in [5.41, 5.74) is 0.740. The Labute approximate surface area is 118 Å². The Morgan fingerprint density at radius 1 is 1.45 bits per heavy atom. The molecule has 4 nitrogen and oxygen atoms in total. The molecule has 0 amide bonds. The van der Waals surface area contributed by atoms with Crippen LogP contribution < -0.4 is 4.90 Å². The average molecular weight is 272 g/mol. The molecular formula is C15H17FN4. The van der Waals surface area contributed by atoms with Gasteiger partial charge in [0.1, 0.15) is 23.3 Å². The topological polar surface area (TPSA) is 44.9 Å². The lowest BCUT2D eigenvalue weighted by molar-refractivity contribution is 0.614. The van der Waals surface area contributed by atoms with E-state index in [1.807, 2.05) is 31.1 Å². The van der Waals surface area contributed by atoms with Crippen LogP contribution in [0.3, 0.4) is 0 Å². The van der Waals surface area contributed by atoms with Gasteiger partial charge < -0.3 is 9.47 Å². The van der Waals surface area contributed by atoms with Crippen LogP contribution in [0.25, 0.3) is 0 Å². The summed E-state index contributed by atoms with van der Waals surface area (Å²) in [4.78, 5) is 6.08. The van der Waals surface area contributed by atoms with Gasteiger partial charge in [-0.15, -0.1) is 0 Å². The van der Waals surface area contributed by atoms with Crippen molar-refractivity contribution in [2.45, 2.75) is 19.9 Å². The van der Waals surface area contributed by atoms with Crippen LogP contribution in [0.15, 0.2) is 30.6 Å². The van der Waals surface area contributed by atoms with Crippen LogP contribution in [-0.4, -0.2) is 23.1 Å². The first-order valence-electron chi connectivity index (χ1n) is 6.51. The van der Waals surface area contributed by atoms with Crippen molar-refractivity contribution in [3.05, 3.63) is 47.8 Å². The van der Waals surface area contributed by atoms with E-state index in [1.165, 1.54) is 6.07 Å². The van der Waals surface area contributed by atoms with E-state index in [9.17, 15) is 4.39 Å². The molecule has 20 heavy (non-hydrogen) atoms. The van der Waals surface area contributed by atoms with Crippen molar-refractivity contribution in [1.29, 1.82) is 5.26 Å². The molecule has 2 rings (SSSR count). The Kier molecular flexibility index (Phi) is 4.36. The fourth-order valence-corrected chi connectivity index (χ4v) is 2.18. The van der Waals surface area contributed by atoms with Crippen LogP contribution in [0.2, 0.25) is 0 Å². The Balaban J connectivity index is 1.99. The molecule has 0 aliphatic heterocycles. The molecule has 0 aliphatic carbocycles. The predicted molar refractivity (Wildman–Crippen MR) is 76.0 cm³/mol. The van der Waals surface area contributed by atoms with Crippen LogP contribution in [-0.2, 0) is 6.54 Å². The minimum absolute atomic E-state index is 0.105. The highest BCUT2D eigenvalue weighted by Crippen LogP contribution is 2.21. The van der Waals surface area contributed by atoms with Crippen molar-refractivity contribution in [2.24, 2.45) is 0 Å². The summed E-state index contributed by atoms with van der Waals surface area (Å²) in [5.74, 6) is 0.512. The first-order valence-corrected chi connectivity index (χ1v) is 6.51. The molecule has 0 N–H and O–H groups in total. The molecule has 1 aromatic heterocycles. The quantitative estimate of drug-likeness (QED) is 0.840. The second-order valence-corrected chi connectivity index (χ2v) is 4.69. The molecule has 0 aliphatic rings. The largest absolute Gasteiger partial charge is 0.373 e. The van der Waals surface area contributed by atoms with Gasteiger partial charge in [-0.1, -0.05) is 6.07 Å². The smallest absolute Gasteiger partial charge is 0.143 e. The van der Waals surface area contributed by atoms with Crippen molar-refractivity contribution in [2.75, 3.05) is 18.5 Å². The van der Waals surface area contributed by atoms with E-state index in [0.717, 1.165) is 25.3 Å². The molecule has 1 heterocycles. The molecule has 0 unspecified atom stereocenters. The van der Waals surface area contributed by atoms with Gasteiger partial charge in [0.15, 0.2) is 0 Å². The lowest BCUT2D eigenvalue weighted by atomic mass is 10.1. The van der Waals surface area contributed by atoms with Crippen molar-refractivity contribution < 1.29 is 4.39 Å². The van der Waals surface area contributed by atoms with Crippen LogP contribution in [0.5, 0.6) is 0 Å². The summed E-state index contributed by atoms with van der Waals surface area (Å²) in [6.45, 7) is 3.56. The molecule has 0 spiro atoms. The van der Waals surface area contributed by atoms with E-state index >= 15 is 0 Å². The van der Waals surface area contributed by atoms with Gasteiger partial charge in [0, 0.05) is 32.5 Å². The van der Waals surface area contributed by atoms with E-state index in [-0.39, 0.29) is 5.56 Å². The van der Waals surface area contributed by atoms with E-state index < -0.39 is 5.82 Å². The average Bonchev–Trinajstić information content (AvgIpc) is 2.84. The summed E-state index contributed by atoms with van der Waals surface area (Å²) in [6.07, 6.45) is 4.62. The molecular weight excluding hydrogens is 255 g/mol. The van der Waals surface area contributed by atoms with Crippen LogP contribution in [0.4, 0.5) is 10.1 Å². The third-order valence-corrected chi connectivity index (χ3v) is 3.33. The fraction of sp³-hybridized carbons (Fsp3) is 0.333. The first kappa shape index (κ1) is 14.1. The zero-order valence-electron chi connectivity index (χ0n) is 11.7. The highest BCUT2D eigenvalue weighted by Gasteiger charge is 2.11. The summed E-state index contributed by atoms with van der Waals surface area (Å²) in [5, 5.41) is 9.03. The predicted octanol–water partition coefficient (Wildman–Crippen LogP) is 2.73. The van der Waals surface area contributed by atoms with Crippen molar-refractivity contribution in [3.63, 3.8) is 0 Å². The lowest BCUT2D eigenvalue weighted by Gasteiger charge is -2.20. The number of rotatable bonds is 5. The Morgan fingerprint density at radius 3 is 2.90 bits per heavy atom. The monoisotopic (exact) mass is 272 g/mol. The lowest BCUT2D eigenvalue weighted by Crippen LogP contribution is -2.21. The van der Waals surface area contributed by atoms with Crippen LogP contribution >= 0.6 is 0 Å². The number of anilines is 1. The third kappa shape index (κ3) is 2.97. The molecule has 104 valence electrons. The molecule has 0 bridgehead atoms. The van der Waals surface area contributed by atoms with Gasteiger partial charge in [0.05, 0.1) is 5.69 Å².